The number of hydrogen-bond donors (Lipinski definition) is 0. The molecule has 1 atom stereocenters. The number of rotatable bonds is 3. The minimum absolute atomic E-state index is 0.000682. The number of aromatic nitrogens is 5. The Morgan fingerprint density at radius 1 is 1.39 bits per heavy atom. The van der Waals surface area contributed by atoms with Crippen molar-refractivity contribution in [1.82, 2.24) is 24.6 Å². The molecule has 4 rings (SSSR count). The molecular formula is C15H18N6OS. The van der Waals surface area contributed by atoms with Crippen LogP contribution in [0.15, 0.2) is 17.8 Å². The van der Waals surface area contributed by atoms with Gasteiger partial charge in [0.25, 0.3) is 5.78 Å². The van der Waals surface area contributed by atoms with Crippen molar-refractivity contribution < 1.29 is 4.74 Å². The summed E-state index contributed by atoms with van der Waals surface area (Å²) in [5.41, 5.74) is 2.07. The minimum Gasteiger partial charge on any atom is -0.367 e. The van der Waals surface area contributed by atoms with Gasteiger partial charge in [0.15, 0.2) is 0 Å². The summed E-state index contributed by atoms with van der Waals surface area (Å²) in [6, 6.07) is 2.09. The van der Waals surface area contributed by atoms with Crippen LogP contribution in [-0.2, 0) is 11.2 Å². The third kappa shape index (κ3) is 2.68. The van der Waals surface area contributed by atoms with Crippen molar-refractivity contribution in [3.05, 3.63) is 34.2 Å². The Balaban J connectivity index is 1.68. The zero-order valence-electron chi connectivity index (χ0n) is 13.1. The molecule has 1 aliphatic heterocycles. The van der Waals surface area contributed by atoms with E-state index in [0.717, 1.165) is 41.7 Å². The van der Waals surface area contributed by atoms with Crippen LogP contribution < -0.4 is 4.90 Å². The zero-order valence-corrected chi connectivity index (χ0v) is 14.0. The van der Waals surface area contributed by atoms with Crippen molar-refractivity contribution in [2.45, 2.75) is 26.4 Å². The van der Waals surface area contributed by atoms with E-state index in [1.165, 1.54) is 0 Å². The number of ether oxygens (including phenoxy) is 1. The number of aryl methyl sites for hydroxylation is 2. The van der Waals surface area contributed by atoms with Gasteiger partial charge in [0.2, 0.25) is 0 Å². The summed E-state index contributed by atoms with van der Waals surface area (Å²) in [5, 5.41) is 7.42. The van der Waals surface area contributed by atoms with E-state index in [2.05, 4.69) is 43.3 Å². The quantitative estimate of drug-likeness (QED) is 0.732. The van der Waals surface area contributed by atoms with Crippen molar-refractivity contribution in [3.8, 4) is 0 Å². The van der Waals surface area contributed by atoms with Gasteiger partial charge in [-0.05, 0) is 13.3 Å². The number of thiazole rings is 1. The van der Waals surface area contributed by atoms with Crippen LogP contribution in [0.4, 0.5) is 5.82 Å². The zero-order chi connectivity index (χ0) is 15.8. The van der Waals surface area contributed by atoms with E-state index in [1.54, 1.807) is 22.2 Å². The molecule has 1 fully saturated rings. The third-order valence-corrected chi connectivity index (χ3v) is 5.01. The van der Waals surface area contributed by atoms with Crippen molar-refractivity contribution in [2.24, 2.45) is 0 Å². The Labute approximate surface area is 138 Å². The Bertz CT molecular complexity index is 828. The number of morpholine rings is 1. The maximum absolute atomic E-state index is 5.92. The van der Waals surface area contributed by atoms with Crippen LogP contribution in [0.25, 0.3) is 5.78 Å². The summed E-state index contributed by atoms with van der Waals surface area (Å²) < 4.78 is 7.72. The normalized spacial score (nSPS) is 18.7. The van der Waals surface area contributed by atoms with E-state index in [0.29, 0.717) is 12.4 Å². The average Bonchev–Trinajstić information content (AvgIpc) is 3.22. The molecule has 3 aromatic rings. The Morgan fingerprint density at radius 3 is 3.09 bits per heavy atom. The second kappa shape index (κ2) is 5.86. The largest absolute Gasteiger partial charge is 0.367 e. The molecule has 4 heterocycles. The van der Waals surface area contributed by atoms with Gasteiger partial charge in [0.05, 0.1) is 13.2 Å². The van der Waals surface area contributed by atoms with Crippen LogP contribution >= 0.6 is 11.3 Å². The number of fused-ring (bicyclic) bond motifs is 1. The summed E-state index contributed by atoms with van der Waals surface area (Å²) in [7, 11) is 0. The first-order valence-electron chi connectivity index (χ1n) is 7.73. The van der Waals surface area contributed by atoms with Crippen LogP contribution in [0, 0.1) is 6.92 Å². The molecule has 7 nitrogen and oxygen atoms in total. The highest BCUT2D eigenvalue weighted by Crippen LogP contribution is 2.28. The van der Waals surface area contributed by atoms with Crippen LogP contribution in [0.2, 0.25) is 0 Å². The molecule has 0 aliphatic carbocycles. The van der Waals surface area contributed by atoms with Gasteiger partial charge in [0.1, 0.15) is 23.3 Å². The third-order valence-electron chi connectivity index (χ3n) is 3.95. The van der Waals surface area contributed by atoms with Crippen molar-refractivity contribution in [3.63, 3.8) is 0 Å². The van der Waals surface area contributed by atoms with Gasteiger partial charge in [-0.2, -0.15) is 14.6 Å². The molecule has 3 aromatic heterocycles. The summed E-state index contributed by atoms with van der Waals surface area (Å²) in [4.78, 5) is 15.6. The van der Waals surface area contributed by atoms with Gasteiger partial charge in [-0.15, -0.1) is 11.3 Å². The molecule has 0 saturated carbocycles. The molecule has 1 aliphatic rings. The molecule has 0 spiro atoms. The predicted octanol–water partition coefficient (Wildman–Crippen LogP) is 2.03. The lowest BCUT2D eigenvalue weighted by Gasteiger charge is -2.33. The fourth-order valence-corrected chi connectivity index (χ4v) is 3.61. The lowest BCUT2D eigenvalue weighted by atomic mass is 10.2. The SMILES string of the molecule is CCc1cc(N2CCOC(c3nc(C)cs3)C2)n2ncnc2n1. The topological polar surface area (TPSA) is 68.4 Å². The van der Waals surface area contributed by atoms with E-state index < -0.39 is 0 Å². The van der Waals surface area contributed by atoms with E-state index in [-0.39, 0.29) is 6.10 Å². The molecule has 0 aromatic carbocycles. The Hall–Kier alpha value is -2.06. The van der Waals surface area contributed by atoms with Gasteiger partial charge < -0.3 is 9.64 Å². The number of nitrogens with zero attached hydrogens (tertiary/aromatic N) is 6. The van der Waals surface area contributed by atoms with Crippen LogP contribution in [-0.4, -0.2) is 44.3 Å². The van der Waals surface area contributed by atoms with Crippen molar-refractivity contribution in [1.29, 1.82) is 0 Å². The molecule has 23 heavy (non-hydrogen) atoms. The molecule has 0 N–H and O–H groups in total. The van der Waals surface area contributed by atoms with Gasteiger partial charge in [0, 0.05) is 29.4 Å². The molecule has 0 bridgehead atoms. The Morgan fingerprint density at radius 2 is 2.30 bits per heavy atom. The highest BCUT2D eigenvalue weighted by Gasteiger charge is 2.26. The minimum atomic E-state index is -0.000682. The fraction of sp³-hybridized carbons (Fsp3) is 0.467. The lowest BCUT2D eigenvalue weighted by molar-refractivity contribution is 0.0391. The van der Waals surface area contributed by atoms with Crippen molar-refractivity contribution >= 4 is 22.9 Å². The predicted molar refractivity (Wildman–Crippen MR) is 87.9 cm³/mol. The van der Waals surface area contributed by atoms with Gasteiger partial charge in [-0.3, -0.25) is 0 Å². The first-order valence-corrected chi connectivity index (χ1v) is 8.61. The van der Waals surface area contributed by atoms with Crippen LogP contribution in [0.1, 0.15) is 29.4 Å². The summed E-state index contributed by atoms with van der Waals surface area (Å²) in [6.45, 7) is 6.36. The molecule has 1 unspecified atom stereocenters. The van der Waals surface area contributed by atoms with Gasteiger partial charge in [-0.25, -0.2) is 9.97 Å². The Kier molecular flexibility index (Phi) is 3.70. The molecule has 0 radical (unpaired) electrons. The van der Waals surface area contributed by atoms with Gasteiger partial charge >= 0.3 is 0 Å². The summed E-state index contributed by atoms with van der Waals surface area (Å²) in [6.07, 6.45) is 2.42. The maximum atomic E-state index is 5.92. The molecule has 120 valence electrons. The summed E-state index contributed by atoms with van der Waals surface area (Å²) in [5.74, 6) is 1.67. The maximum Gasteiger partial charge on any atom is 0.254 e. The van der Waals surface area contributed by atoms with E-state index in [1.807, 2.05) is 6.92 Å². The fourth-order valence-electron chi connectivity index (χ4n) is 2.78. The highest BCUT2D eigenvalue weighted by molar-refractivity contribution is 7.09. The highest BCUT2D eigenvalue weighted by atomic mass is 32.1. The molecular weight excluding hydrogens is 312 g/mol. The second-order valence-electron chi connectivity index (χ2n) is 5.56. The van der Waals surface area contributed by atoms with E-state index >= 15 is 0 Å². The first-order chi connectivity index (χ1) is 11.2. The lowest BCUT2D eigenvalue weighted by Crippen LogP contribution is -2.39. The smallest absolute Gasteiger partial charge is 0.254 e. The molecule has 0 amide bonds. The molecule has 8 heteroatoms. The summed E-state index contributed by atoms with van der Waals surface area (Å²) >= 11 is 1.66. The monoisotopic (exact) mass is 330 g/mol. The second-order valence-corrected chi connectivity index (χ2v) is 6.45. The number of anilines is 1. The number of hydrogen-bond acceptors (Lipinski definition) is 7. The van der Waals surface area contributed by atoms with E-state index in [4.69, 9.17) is 4.74 Å². The van der Waals surface area contributed by atoms with Gasteiger partial charge in [-0.1, -0.05) is 6.92 Å². The van der Waals surface area contributed by atoms with Crippen LogP contribution in [0.3, 0.4) is 0 Å². The van der Waals surface area contributed by atoms with Crippen LogP contribution in [0.5, 0.6) is 0 Å². The van der Waals surface area contributed by atoms with Crippen molar-refractivity contribution in [2.75, 3.05) is 24.6 Å². The average molecular weight is 330 g/mol. The van der Waals surface area contributed by atoms with E-state index in [9.17, 15) is 0 Å². The first kappa shape index (κ1) is 14.5. The molecule has 1 saturated heterocycles. The standard InChI is InChI=1S/C15H18N6OS/c1-3-11-6-13(21-15(19-11)16-9-17-21)20-4-5-22-12(7-20)14-18-10(2)8-23-14/h6,8-9,12H,3-5,7H2,1-2H3.